The maximum atomic E-state index is 12.0. The van der Waals surface area contributed by atoms with Crippen molar-refractivity contribution in [1.82, 2.24) is 0 Å². The molecule has 0 saturated heterocycles. The van der Waals surface area contributed by atoms with Gasteiger partial charge in [0.15, 0.2) is 0 Å². The highest BCUT2D eigenvalue weighted by Gasteiger charge is 2.47. The molecule has 3 rings (SSSR count). The molecule has 102 valence electrons. The zero-order valence-electron chi connectivity index (χ0n) is 12.0. The number of Topliss-reactive ketones (excluding diaryl/α,β-unsaturated/α-hetero) is 1. The Morgan fingerprint density at radius 2 is 2.11 bits per heavy atom. The number of rotatable bonds is 1. The summed E-state index contributed by atoms with van der Waals surface area (Å²) in [5, 5.41) is 0. The molecule has 0 radical (unpaired) electrons. The molecule has 0 bridgehead atoms. The molecule has 2 unspecified atom stereocenters. The predicted octanol–water partition coefficient (Wildman–Crippen LogP) is 3.51. The first-order chi connectivity index (χ1) is 9.06. The molecule has 0 amide bonds. The van der Waals surface area contributed by atoms with E-state index < -0.39 is 0 Å². The SMILES string of the molecule is COc1ccc2c(c1)CCC1C(C)C(=O)CC[C@@]21C. The van der Waals surface area contributed by atoms with Gasteiger partial charge < -0.3 is 4.74 Å². The molecule has 0 N–H and O–H groups in total. The van der Waals surface area contributed by atoms with Crippen LogP contribution in [0.2, 0.25) is 0 Å². The van der Waals surface area contributed by atoms with Crippen molar-refractivity contribution >= 4 is 5.78 Å². The minimum Gasteiger partial charge on any atom is -0.497 e. The second kappa shape index (κ2) is 4.36. The van der Waals surface area contributed by atoms with Gasteiger partial charge in [-0.15, -0.1) is 0 Å². The van der Waals surface area contributed by atoms with Gasteiger partial charge in [-0.2, -0.15) is 0 Å². The van der Waals surface area contributed by atoms with Crippen LogP contribution in [0.25, 0.3) is 0 Å². The molecule has 0 heterocycles. The van der Waals surface area contributed by atoms with Crippen LogP contribution in [0.4, 0.5) is 0 Å². The van der Waals surface area contributed by atoms with Gasteiger partial charge in [0.05, 0.1) is 7.11 Å². The molecular formula is C17H22O2. The van der Waals surface area contributed by atoms with E-state index in [9.17, 15) is 4.79 Å². The number of benzene rings is 1. The van der Waals surface area contributed by atoms with Gasteiger partial charge in [0.2, 0.25) is 0 Å². The van der Waals surface area contributed by atoms with Gasteiger partial charge in [-0.1, -0.05) is 19.9 Å². The van der Waals surface area contributed by atoms with Crippen molar-refractivity contribution in [3.8, 4) is 5.75 Å². The van der Waals surface area contributed by atoms with Crippen LogP contribution < -0.4 is 4.74 Å². The van der Waals surface area contributed by atoms with E-state index in [-0.39, 0.29) is 11.3 Å². The van der Waals surface area contributed by atoms with Crippen LogP contribution in [0, 0.1) is 11.8 Å². The second-order valence-electron chi connectivity index (χ2n) is 6.34. The Kier molecular flexibility index (Phi) is 2.92. The van der Waals surface area contributed by atoms with Gasteiger partial charge in [0.1, 0.15) is 11.5 Å². The summed E-state index contributed by atoms with van der Waals surface area (Å²) in [6.45, 7) is 4.48. The Morgan fingerprint density at radius 3 is 2.84 bits per heavy atom. The number of aryl methyl sites for hydroxylation is 1. The van der Waals surface area contributed by atoms with Crippen LogP contribution >= 0.6 is 0 Å². The minimum absolute atomic E-state index is 0.174. The number of methoxy groups -OCH3 is 1. The number of carbonyl (C=O) groups is 1. The van der Waals surface area contributed by atoms with Crippen molar-refractivity contribution in [2.45, 2.75) is 44.9 Å². The van der Waals surface area contributed by atoms with Gasteiger partial charge >= 0.3 is 0 Å². The molecule has 2 aliphatic carbocycles. The number of ketones is 1. The maximum Gasteiger partial charge on any atom is 0.136 e. The maximum absolute atomic E-state index is 12.0. The van der Waals surface area contributed by atoms with Crippen molar-refractivity contribution in [2.75, 3.05) is 7.11 Å². The quantitative estimate of drug-likeness (QED) is 0.770. The fraction of sp³-hybridized carbons (Fsp3) is 0.588. The molecule has 0 aromatic heterocycles. The molecular weight excluding hydrogens is 236 g/mol. The first-order valence-electron chi connectivity index (χ1n) is 7.26. The van der Waals surface area contributed by atoms with Crippen molar-refractivity contribution in [3.05, 3.63) is 29.3 Å². The van der Waals surface area contributed by atoms with E-state index in [1.165, 1.54) is 11.1 Å². The third-order valence-corrected chi connectivity index (χ3v) is 5.47. The Morgan fingerprint density at radius 1 is 1.32 bits per heavy atom. The Balaban J connectivity index is 2.05. The van der Waals surface area contributed by atoms with Gasteiger partial charge in [-0.05, 0) is 53.9 Å². The third kappa shape index (κ3) is 1.80. The van der Waals surface area contributed by atoms with Gasteiger partial charge in [0, 0.05) is 12.3 Å². The molecule has 2 nitrogen and oxygen atoms in total. The normalized spacial score (nSPS) is 33.5. The Labute approximate surface area is 115 Å². The molecule has 2 aliphatic rings. The molecule has 1 aromatic carbocycles. The molecule has 2 heteroatoms. The van der Waals surface area contributed by atoms with E-state index in [1.54, 1.807) is 7.11 Å². The average molecular weight is 258 g/mol. The summed E-state index contributed by atoms with van der Waals surface area (Å²) < 4.78 is 5.33. The standard InChI is InChI=1S/C17H22O2/c1-11-14-6-4-12-10-13(19-3)5-7-15(12)17(14,2)9-8-16(11)18/h5,7,10-11,14H,4,6,8-9H2,1-3H3/t11?,14?,17-/m1/s1. The first-order valence-corrected chi connectivity index (χ1v) is 7.26. The number of carbonyl (C=O) groups excluding carboxylic acids is 1. The van der Waals surface area contributed by atoms with E-state index in [0.29, 0.717) is 11.7 Å². The molecule has 1 fully saturated rings. The zero-order chi connectivity index (χ0) is 13.6. The highest BCUT2D eigenvalue weighted by Crippen LogP contribution is 2.51. The molecule has 3 atom stereocenters. The summed E-state index contributed by atoms with van der Waals surface area (Å²) in [6, 6.07) is 6.47. The van der Waals surface area contributed by atoms with Crippen LogP contribution in [0.5, 0.6) is 5.75 Å². The van der Waals surface area contributed by atoms with Crippen molar-refractivity contribution < 1.29 is 9.53 Å². The summed E-state index contributed by atoms with van der Waals surface area (Å²) in [5.74, 6) is 2.13. The lowest BCUT2D eigenvalue weighted by atomic mass is 9.55. The lowest BCUT2D eigenvalue weighted by Crippen LogP contribution is -2.46. The number of hydrogen-bond acceptors (Lipinski definition) is 2. The van der Waals surface area contributed by atoms with Crippen LogP contribution in [0.1, 0.15) is 44.2 Å². The minimum atomic E-state index is 0.174. The lowest BCUT2D eigenvalue weighted by Gasteiger charge is -2.48. The van der Waals surface area contributed by atoms with E-state index in [1.807, 2.05) is 0 Å². The van der Waals surface area contributed by atoms with E-state index in [2.05, 4.69) is 32.0 Å². The fourth-order valence-electron chi connectivity index (χ4n) is 4.25. The summed E-state index contributed by atoms with van der Waals surface area (Å²) in [7, 11) is 1.72. The summed E-state index contributed by atoms with van der Waals surface area (Å²) in [6.07, 6.45) is 3.94. The van der Waals surface area contributed by atoms with Gasteiger partial charge in [-0.25, -0.2) is 0 Å². The fourth-order valence-corrected chi connectivity index (χ4v) is 4.25. The van der Waals surface area contributed by atoms with Crippen molar-refractivity contribution in [1.29, 1.82) is 0 Å². The largest absolute Gasteiger partial charge is 0.497 e. The summed E-state index contributed by atoms with van der Waals surface area (Å²) in [4.78, 5) is 12.0. The van der Waals surface area contributed by atoms with Crippen molar-refractivity contribution in [2.24, 2.45) is 11.8 Å². The topological polar surface area (TPSA) is 26.3 Å². The lowest BCUT2D eigenvalue weighted by molar-refractivity contribution is -0.128. The van der Waals surface area contributed by atoms with Crippen LogP contribution in [0.15, 0.2) is 18.2 Å². The summed E-state index contributed by atoms with van der Waals surface area (Å²) in [5.41, 5.74) is 3.04. The van der Waals surface area contributed by atoms with Crippen LogP contribution in [-0.2, 0) is 16.6 Å². The first kappa shape index (κ1) is 12.7. The Bertz CT molecular complexity index is 520. The molecule has 0 aliphatic heterocycles. The van der Waals surface area contributed by atoms with E-state index in [0.717, 1.165) is 31.4 Å². The number of hydrogen-bond donors (Lipinski definition) is 0. The third-order valence-electron chi connectivity index (χ3n) is 5.47. The number of fused-ring (bicyclic) bond motifs is 3. The van der Waals surface area contributed by atoms with Crippen molar-refractivity contribution in [3.63, 3.8) is 0 Å². The smallest absolute Gasteiger partial charge is 0.136 e. The monoisotopic (exact) mass is 258 g/mol. The Hall–Kier alpha value is -1.31. The highest BCUT2D eigenvalue weighted by atomic mass is 16.5. The highest BCUT2D eigenvalue weighted by molar-refractivity contribution is 5.82. The molecule has 0 spiro atoms. The van der Waals surface area contributed by atoms with Gasteiger partial charge in [0.25, 0.3) is 0 Å². The average Bonchev–Trinajstić information content (AvgIpc) is 2.43. The van der Waals surface area contributed by atoms with Crippen LogP contribution in [-0.4, -0.2) is 12.9 Å². The van der Waals surface area contributed by atoms with E-state index in [4.69, 9.17) is 4.74 Å². The number of ether oxygens (including phenoxy) is 1. The summed E-state index contributed by atoms with van der Waals surface area (Å²) >= 11 is 0. The molecule has 1 aromatic rings. The zero-order valence-corrected chi connectivity index (χ0v) is 12.0. The van der Waals surface area contributed by atoms with Crippen LogP contribution in [0.3, 0.4) is 0 Å². The molecule has 1 saturated carbocycles. The predicted molar refractivity (Wildman–Crippen MR) is 75.6 cm³/mol. The van der Waals surface area contributed by atoms with Gasteiger partial charge in [-0.3, -0.25) is 4.79 Å². The second-order valence-corrected chi connectivity index (χ2v) is 6.34. The van der Waals surface area contributed by atoms with E-state index >= 15 is 0 Å². The molecule has 19 heavy (non-hydrogen) atoms.